The summed E-state index contributed by atoms with van der Waals surface area (Å²) in [5.74, 6) is -0.0481. The van der Waals surface area contributed by atoms with E-state index < -0.39 is 15.1 Å². The quantitative estimate of drug-likeness (QED) is 0.770. The van der Waals surface area contributed by atoms with Gasteiger partial charge in [0.1, 0.15) is 0 Å². The van der Waals surface area contributed by atoms with Gasteiger partial charge in [-0.1, -0.05) is 19.1 Å². The van der Waals surface area contributed by atoms with Crippen LogP contribution in [-0.4, -0.2) is 13.7 Å². The number of aryl methyl sites for hydroxylation is 2. The summed E-state index contributed by atoms with van der Waals surface area (Å²) in [6, 6.07) is 3.62. The first-order valence-corrected chi connectivity index (χ1v) is 7.42. The lowest BCUT2D eigenvalue weighted by molar-refractivity contribution is 0.423. The number of sulfone groups is 1. The molecule has 2 rings (SSSR count). The van der Waals surface area contributed by atoms with Crippen LogP contribution in [0.3, 0.4) is 0 Å². The van der Waals surface area contributed by atoms with E-state index in [9.17, 15) is 8.42 Å². The number of fused-ring (bicyclic) bond motifs is 1. The molecule has 1 aliphatic heterocycles. The van der Waals surface area contributed by atoms with Gasteiger partial charge in [-0.25, -0.2) is 8.42 Å². The topological polar surface area (TPSA) is 60.2 Å². The van der Waals surface area contributed by atoms with Gasteiger partial charge in [-0.3, -0.25) is 0 Å². The summed E-state index contributed by atoms with van der Waals surface area (Å²) in [4.78, 5) is 0.468. The standard InChI is InChI=1S/C13H19NO2S/c1-7-5-6-8(2)13-11(7)12(14)9(3)10(4)17(13,15)16/h5-6,9-10,12H,14H2,1-4H3. The van der Waals surface area contributed by atoms with Crippen LogP contribution in [0.15, 0.2) is 17.0 Å². The van der Waals surface area contributed by atoms with Crippen molar-refractivity contribution in [2.75, 3.05) is 0 Å². The second kappa shape index (κ2) is 3.82. The van der Waals surface area contributed by atoms with E-state index in [0.29, 0.717) is 4.90 Å². The van der Waals surface area contributed by atoms with Gasteiger partial charge in [-0.15, -0.1) is 0 Å². The van der Waals surface area contributed by atoms with Crippen LogP contribution < -0.4 is 5.73 Å². The molecule has 0 aliphatic carbocycles. The summed E-state index contributed by atoms with van der Waals surface area (Å²) in [5.41, 5.74) is 8.80. The molecule has 3 nitrogen and oxygen atoms in total. The highest BCUT2D eigenvalue weighted by Gasteiger charge is 2.41. The van der Waals surface area contributed by atoms with Crippen LogP contribution in [0.5, 0.6) is 0 Å². The van der Waals surface area contributed by atoms with Crippen molar-refractivity contribution < 1.29 is 8.42 Å². The van der Waals surface area contributed by atoms with E-state index >= 15 is 0 Å². The predicted molar refractivity (Wildman–Crippen MR) is 68.7 cm³/mol. The Bertz CT molecular complexity index is 563. The zero-order valence-corrected chi connectivity index (χ0v) is 11.5. The minimum absolute atomic E-state index is 0.0481. The molecular formula is C13H19NO2S. The average Bonchev–Trinajstić information content (AvgIpc) is 2.27. The summed E-state index contributed by atoms with van der Waals surface area (Å²) in [6.45, 7) is 7.43. The van der Waals surface area contributed by atoms with Crippen LogP contribution in [0, 0.1) is 19.8 Å². The van der Waals surface area contributed by atoms with Crippen molar-refractivity contribution in [1.82, 2.24) is 0 Å². The normalized spacial score (nSPS) is 31.0. The molecule has 0 aromatic heterocycles. The third-order valence-corrected chi connectivity index (χ3v) is 6.54. The van der Waals surface area contributed by atoms with Crippen molar-refractivity contribution in [3.63, 3.8) is 0 Å². The van der Waals surface area contributed by atoms with Crippen molar-refractivity contribution in [2.24, 2.45) is 11.7 Å². The van der Waals surface area contributed by atoms with Crippen LogP contribution in [0.4, 0.5) is 0 Å². The zero-order chi connectivity index (χ0) is 13.0. The maximum absolute atomic E-state index is 12.5. The molecule has 0 bridgehead atoms. The molecule has 1 aromatic rings. The van der Waals surface area contributed by atoms with Crippen molar-refractivity contribution >= 4 is 9.84 Å². The summed E-state index contributed by atoms with van der Waals surface area (Å²) < 4.78 is 25.0. The molecule has 1 heterocycles. The largest absolute Gasteiger partial charge is 0.324 e. The lowest BCUT2D eigenvalue weighted by atomic mass is 9.88. The Morgan fingerprint density at radius 2 is 1.65 bits per heavy atom. The van der Waals surface area contributed by atoms with Gasteiger partial charge >= 0.3 is 0 Å². The fourth-order valence-corrected chi connectivity index (χ4v) is 4.85. The predicted octanol–water partition coefficient (Wildman–Crippen LogP) is 2.12. The summed E-state index contributed by atoms with van der Waals surface area (Å²) in [6.07, 6.45) is 0. The molecule has 4 heteroatoms. The molecule has 1 aromatic carbocycles. The first-order valence-electron chi connectivity index (χ1n) is 5.88. The Kier molecular flexibility index (Phi) is 2.83. The minimum Gasteiger partial charge on any atom is -0.324 e. The van der Waals surface area contributed by atoms with Crippen LogP contribution in [0.2, 0.25) is 0 Å². The highest BCUT2D eigenvalue weighted by Crippen LogP contribution is 2.41. The average molecular weight is 253 g/mol. The van der Waals surface area contributed by atoms with Crippen molar-refractivity contribution in [3.8, 4) is 0 Å². The van der Waals surface area contributed by atoms with Crippen LogP contribution in [0.25, 0.3) is 0 Å². The van der Waals surface area contributed by atoms with Gasteiger partial charge in [0.2, 0.25) is 0 Å². The SMILES string of the molecule is Cc1ccc(C)c2c1C(N)C(C)C(C)S2(=O)=O. The molecule has 3 unspecified atom stereocenters. The molecule has 0 saturated carbocycles. The molecule has 0 saturated heterocycles. The van der Waals surface area contributed by atoms with Gasteiger partial charge in [0.25, 0.3) is 0 Å². The molecule has 0 spiro atoms. The number of hydrogen-bond donors (Lipinski definition) is 1. The molecular weight excluding hydrogens is 234 g/mol. The third-order valence-electron chi connectivity index (χ3n) is 4.03. The van der Waals surface area contributed by atoms with Gasteiger partial charge in [0, 0.05) is 6.04 Å². The van der Waals surface area contributed by atoms with E-state index in [2.05, 4.69) is 0 Å². The van der Waals surface area contributed by atoms with Gasteiger partial charge in [0.15, 0.2) is 9.84 Å². The Morgan fingerprint density at radius 3 is 2.24 bits per heavy atom. The smallest absolute Gasteiger partial charge is 0.181 e. The summed E-state index contributed by atoms with van der Waals surface area (Å²) >= 11 is 0. The molecule has 0 radical (unpaired) electrons. The lowest BCUT2D eigenvalue weighted by Gasteiger charge is -2.35. The van der Waals surface area contributed by atoms with Gasteiger partial charge in [0.05, 0.1) is 10.1 Å². The number of hydrogen-bond acceptors (Lipinski definition) is 3. The monoisotopic (exact) mass is 253 g/mol. The van der Waals surface area contributed by atoms with Crippen LogP contribution >= 0.6 is 0 Å². The Hall–Kier alpha value is -0.870. The maximum Gasteiger partial charge on any atom is 0.181 e. The third kappa shape index (κ3) is 1.62. The van der Waals surface area contributed by atoms with Gasteiger partial charge in [-0.2, -0.15) is 0 Å². The van der Waals surface area contributed by atoms with Crippen LogP contribution in [-0.2, 0) is 9.84 Å². The Balaban J connectivity index is 2.87. The van der Waals surface area contributed by atoms with E-state index in [0.717, 1.165) is 16.7 Å². The summed E-state index contributed by atoms with van der Waals surface area (Å²) in [5, 5.41) is -0.412. The highest BCUT2D eigenvalue weighted by atomic mass is 32.2. The lowest BCUT2D eigenvalue weighted by Crippen LogP contribution is -2.40. The fourth-order valence-electron chi connectivity index (χ4n) is 2.62. The number of benzene rings is 1. The molecule has 3 atom stereocenters. The van der Waals surface area contributed by atoms with E-state index in [1.807, 2.05) is 32.9 Å². The highest BCUT2D eigenvalue weighted by molar-refractivity contribution is 7.92. The molecule has 17 heavy (non-hydrogen) atoms. The van der Waals surface area contributed by atoms with Crippen molar-refractivity contribution in [3.05, 3.63) is 28.8 Å². The molecule has 0 fully saturated rings. The van der Waals surface area contributed by atoms with Gasteiger partial charge < -0.3 is 5.73 Å². The van der Waals surface area contributed by atoms with Crippen molar-refractivity contribution in [2.45, 2.75) is 43.9 Å². The maximum atomic E-state index is 12.5. The number of rotatable bonds is 0. The Labute approximate surface area is 103 Å². The minimum atomic E-state index is -3.24. The second-order valence-corrected chi connectivity index (χ2v) is 7.32. The molecule has 0 amide bonds. The van der Waals surface area contributed by atoms with E-state index in [1.54, 1.807) is 6.92 Å². The Morgan fingerprint density at radius 1 is 1.12 bits per heavy atom. The van der Waals surface area contributed by atoms with Crippen molar-refractivity contribution in [1.29, 1.82) is 0 Å². The molecule has 1 aliphatic rings. The zero-order valence-electron chi connectivity index (χ0n) is 10.7. The molecule has 94 valence electrons. The van der Waals surface area contributed by atoms with Gasteiger partial charge in [-0.05, 0) is 43.4 Å². The first kappa shape index (κ1) is 12.6. The van der Waals surface area contributed by atoms with E-state index in [-0.39, 0.29) is 12.0 Å². The summed E-state index contributed by atoms with van der Waals surface area (Å²) in [7, 11) is -3.24. The van der Waals surface area contributed by atoms with E-state index in [4.69, 9.17) is 5.73 Å². The molecule has 2 N–H and O–H groups in total. The van der Waals surface area contributed by atoms with Crippen LogP contribution in [0.1, 0.15) is 36.6 Å². The fraction of sp³-hybridized carbons (Fsp3) is 0.538. The number of nitrogens with two attached hydrogens (primary N) is 1. The van der Waals surface area contributed by atoms with E-state index in [1.165, 1.54) is 0 Å². The first-order chi connectivity index (χ1) is 7.78. The second-order valence-electron chi connectivity index (χ2n) is 5.08.